The number of rotatable bonds is 25. The molecule has 8 rings (SSSR count). The second kappa shape index (κ2) is 45.2. The molecule has 4 aliphatic rings. The topological polar surface area (TPSA) is 284 Å². The summed E-state index contributed by atoms with van der Waals surface area (Å²) in [4.78, 5) is 101. The largest absolute Gasteiger partial charge is 1.00 e. The first-order chi connectivity index (χ1) is 47.0. The number of phenols is 1. The number of halogens is 3. The van der Waals surface area contributed by atoms with Crippen LogP contribution in [0.1, 0.15) is 78.1 Å². The number of likely N-dealkylation sites (tertiary alicyclic amines) is 2. The summed E-state index contributed by atoms with van der Waals surface area (Å²) in [5, 5.41) is 49.4. The first-order valence-electron chi connectivity index (χ1n) is 32.7. The predicted octanol–water partition coefficient (Wildman–Crippen LogP) is 1.13. The number of alkyl halides is 1. The molecule has 4 fully saturated rings. The van der Waals surface area contributed by atoms with E-state index >= 15 is 0 Å². The Bertz CT molecular complexity index is 3320. The van der Waals surface area contributed by atoms with E-state index in [0.717, 1.165) is 22.5 Å². The van der Waals surface area contributed by atoms with E-state index in [1.165, 1.54) is 34.1 Å². The minimum atomic E-state index is -1.31. The molecule has 542 valence electrons. The van der Waals surface area contributed by atoms with Gasteiger partial charge in [0.05, 0.1) is 48.2 Å². The van der Waals surface area contributed by atoms with Gasteiger partial charge in [-0.2, -0.15) is 0 Å². The number of piperazine rings is 2. The van der Waals surface area contributed by atoms with Crippen LogP contribution in [0.5, 0.6) is 11.5 Å². The maximum atomic E-state index is 14.7. The summed E-state index contributed by atoms with van der Waals surface area (Å²) < 4.78 is 46.0. The number of carbonyl (C=O) groups excluding carboxylic acids is 7. The molecule has 0 spiro atoms. The van der Waals surface area contributed by atoms with E-state index < -0.39 is 95.0 Å². The van der Waals surface area contributed by atoms with Crippen molar-refractivity contribution >= 4 is 58.2 Å². The van der Waals surface area contributed by atoms with Crippen molar-refractivity contribution in [3.63, 3.8) is 0 Å². The van der Waals surface area contributed by atoms with Crippen LogP contribution in [0.4, 0.5) is 18.4 Å². The minimum Gasteiger partial charge on any atom is -1.00 e. The van der Waals surface area contributed by atoms with Crippen molar-refractivity contribution in [2.45, 2.75) is 128 Å². The molecule has 101 heavy (non-hydrogen) atoms. The van der Waals surface area contributed by atoms with E-state index in [1.54, 1.807) is 81.7 Å². The monoisotopic (exact) mass is 1520 g/mol. The number of aliphatic hydroxyl groups excluding tert-OH is 2. The van der Waals surface area contributed by atoms with Crippen molar-refractivity contribution in [1.29, 1.82) is 0 Å². The van der Waals surface area contributed by atoms with Crippen LogP contribution in [0, 0.1) is 23.5 Å². The number of hydrogen-bond donors (Lipinski definition) is 5. The molecule has 0 saturated carbocycles. The summed E-state index contributed by atoms with van der Waals surface area (Å²) in [6.07, 6.45) is 2.83. The Morgan fingerprint density at radius 2 is 1.02 bits per heavy atom. The SMILES string of the molecule is C=CCBr.C=CCN1CC(C(=O)N[C@@H](Cc2cc(O)cc(F)c2)[C@H](O)[C@H]2CN(Cc3ccccc3)CCN2C(=O)OC(C)(C)C)CC1=O.C=CCOc1cc(F)cc(C[C@H](NC(=O)C2CC(=O)N(CC=C)C2)[C@H](O)[C@H]2CN(Cc3ccccc3)CCN2C(=O)OC(C)(C)C)c1.O=CO[O-].[H-].[K+].[K+]. The van der Waals surface area contributed by atoms with E-state index in [4.69, 9.17) is 24.3 Å². The quantitative estimate of drug-likeness (QED) is 0.0155. The number of phenolic OH excluding ortho intramolecular Hbond substituents is 1. The van der Waals surface area contributed by atoms with Gasteiger partial charge in [-0.1, -0.05) is 107 Å². The van der Waals surface area contributed by atoms with Crippen molar-refractivity contribution < 1.29 is 186 Å². The fourth-order valence-corrected chi connectivity index (χ4v) is 11.8. The number of allylic oxidation sites excluding steroid dienone is 1. The van der Waals surface area contributed by atoms with E-state index in [-0.39, 0.29) is 199 Å². The number of nitrogens with one attached hydrogen (secondary N) is 2. The van der Waals surface area contributed by atoms with Gasteiger partial charge in [0, 0.05) is 109 Å². The first kappa shape index (κ1) is 90.0. The van der Waals surface area contributed by atoms with Crippen LogP contribution in [-0.4, -0.2) is 212 Å². The summed E-state index contributed by atoms with van der Waals surface area (Å²) in [6.45, 7) is 29.5. The average molecular weight is 1520 g/mol. The van der Waals surface area contributed by atoms with Gasteiger partial charge in [0.1, 0.15) is 40.9 Å². The van der Waals surface area contributed by atoms with Gasteiger partial charge in [0.15, 0.2) is 0 Å². The molecule has 23 nitrogen and oxygen atoms in total. The summed E-state index contributed by atoms with van der Waals surface area (Å²) in [6, 6.07) is 24.0. The molecule has 0 aromatic heterocycles. The van der Waals surface area contributed by atoms with E-state index in [2.05, 4.69) is 67.6 Å². The number of carbonyl (C=O) groups is 7. The molecule has 0 radical (unpaired) electrons. The number of nitrogens with zero attached hydrogens (tertiary/aromatic N) is 6. The maximum absolute atomic E-state index is 14.7. The zero-order chi connectivity index (χ0) is 73.0. The van der Waals surface area contributed by atoms with E-state index in [1.807, 2.05) is 60.7 Å². The van der Waals surface area contributed by atoms with Gasteiger partial charge in [-0.25, -0.2) is 18.4 Å². The summed E-state index contributed by atoms with van der Waals surface area (Å²) in [7, 11) is 0. The molecule has 4 heterocycles. The van der Waals surface area contributed by atoms with Crippen LogP contribution in [0.3, 0.4) is 0 Å². The van der Waals surface area contributed by atoms with Crippen molar-refractivity contribution in [2.75, 3.05) is 77.4 Å². The average Bonchev–Trinajstić information content (AvgIpc) is 0.849. The van der Waals surface area contributed by atoms with Gasteiger partial charge in [-0.05, 0) is 101 Å². The number of amides is 6. The maximum Gasteiger partial charge on any atom is 1.00 e. The fourth-order valence-electron chi connectivity index (χ4n) is 11.8. The summed E-state index contributed by atoms with van der Waals surface area (Å²) in [5.41, 5.74) is 1.44. The fraction of sp³-hybridized carbons (Fsp3) is 0.466. The number of benzene rings is 4. The van der Waals surface area contributed by atoms with Crippen molar-refractivity contribution in [2.24, 2.45) is 11.8 Å². The molecule has 6 amide bonds. The van der Waals surface area contributed by atoms with E-state index in [0.29, 0.717) is 56.9 Å². The number of ether oxygens (including phenoxy) is 3. The Balaban J connectivity index is 0.000000611. The molecule has 4 saturated heterocycles. The molecule has 4 aromatic rings. The van der Waals surface area contributed by atoms with Gasteiger partial charge in [-0.15, -0.1) is 19.7 Å². The third-order valence-electron chi connectivity index (χ3n) is 16.2. The zero-order valence-electron chi connectivity index (χ0n) is 60.4. The first-order valence-corrected chi connectivity index (χ1v) is 33.8. The van der Waals surface area contributed by atoms with Crippen molar-refractivity contribution in [3.8, 4) is 11.5 Å². The van der Waals surface area contributed by atoms with Crippen LogP contribution >= 0.6 is 15.9 Å². The molecular formula is C73H97BrF2K2N8O15. The smallest absolute Gasteiger partial charge is 1.00 e. The van der Waals surface area contributed by atoms with Crippen LogP contribution in [0.15, 0.2) is 148 Å². The normalized spacial score (nSPS) is 18.8. The third-order valence-corrected chi connectivity index (χ3v) is 16.7. The Hall–Kier alpha value is -5.26. The van der Waals surface area contributed by atoms with Crippen LogP contribution in [-0.2, 0) is 64.3 Å². The zero-order valence-corrected chi connectivity index (χ0v) is 67.2. The Morgan fingerprint density at radius 1 is 0.624 bits per heavy atom. The molecular weight excluding hydrogens is 1420 g/mol. The van der Waals surface area contributed by atoms with Crippen molar-refractivity contribution in [3.05, 3.63) is 182 Å². The minimum absolute atomic E-state index is 0. The Labute approximate surface area is 687 Å². The molecule has 4 aliphatic heterocycles. The second-order valence-electron chi connectivity index (χ2n) is 26.4. The van der Waals surface area contributed by atoms with Crippen LogP contribution < -0.4 is 123 Å². The van der Waals surface area contributed by atoms with Crippen molar-refractivity contribution in [1.82, 2.24) is 40.0 Å². The number of aliphatic hydroxyl groups is 2. The summed E-state index contributed by atoms with van der Waals surface area (Å²) in [5.74, 6) is -3.67. The van der Waals surface area contributed by atoms with Crippen LogP contribution in [0.25, 0.3) is 0 Å². The molecule has 5 N–H and O–H groups in total. The summed E-state index contributed by atoms with van der Waals surface area (Å²) >= 11 is 3.13. The molecule has 28 heteroatoms. The van der Waals surface area contributed by atoms with Crippen LogP contribution in [0.2, 0.25) is 0 Å². The molecule has 0 aliphatic carbocycles. The third kappa shape index (κ3) is 30.8. The van der Waals surface area contributed by atoms with Gasteiger partial charge in [0.2, 0.25) is 23.6 Å². The molecule has 0 bridgehead atoms. The van der Waals surface area contributed by atoms with E-state index in [9.17, 15) is 52.9 Å². The Morgan fingerprint density at radius 3 is 1.38 bits per heavy atom. The van der Waals surface area contributed by atoms with Gasteiger partial charge < -0.3 is 61.5 Å². The van der Waals surface area contributed by atoms with Gasteiger partial charge in [-0.3, -0.25) is 43.6 Å². The molecule has 2 unspecified atom stereocenters. The second-order valence-corrected chi connectivity index (χ2v) is 27.0. The molecule has 8 atom stereocenters. The van der Waals surface area contributed by atoms with Gasteiger partial charge in [0.25, 0.3) is 6.47 Å². The van der Waals surface area contributed by atoms with Gasteiger partial charge >= 0.3 is 115 Å². The standard InChI is InChI=1S/C36H47FN4O6.C33H43FN4O6.C3H5Br.CH2O3.2K.H/c1-6-13-40-23-27(20-32(40)42)34(44)38-30(19-26-17-28(37)21-29(18-26)46-16-7-2)33(43)31-24-39(22-25-11-9-8-10-12-25)14-15-41(31)35(45)47-36(3,4)5;1-5-11-37-20-24(17-29(37)40)31(42)35-27(16-23-14-25(34)18-26(39)15-23)30(41)28-21-36(19-22-9-7-6-8-10-22)12-13-38(28)32(43)44-33(2,3)4;1-2-3-4;2-1-4-3;;;/h6-12,17-18,21,27,30-31,33,43H,1-2,13-16,19-20,22-24H2,3-5H3,(H,38,44);5-10,14-15,18,24,27-28,30,39,41H,1,11-13,16-17,19-21H2,2-4H3,(H,35,42);2H,1,3H2;1,3H;;;/q;;;;2*+1;-1/p-1/t27?,30-,31+,33-;24?,27-,28+,30-;;;;;/m00...../s1. The number of aromatic hydroxyl groups is 1. The number of hydrogen-bond acceptors (Lipinski definition) is 17. The predicted molar refractivity (Wildman–Crippen MR) is 372 cm³/mol. The molecule has 4 aromatic carbocycles. The Kier molecular flexibility index (Phi) is 40.2.